The van der Waals surface area contributed by atoms with Gasteiger partial charge in [-0.05, 0) is 19.1 Å². The van der Waals surface area contributed by atoms with Gasteiger partial charge in [0.1, 0.15) is 0 Å². The van der Waals surface area contributed by atoms with Crippen molar-refractivity contribution in [1.29, 1.82) is 0 Å². The third-order valence-corrected chi connectivity index (χ3v) is 2.78. The van der Waals surface area contributed by atoms with Crippen molar-refractivity contribution in [1.82, 2.24) is 9.97 Å². The average Bonchev–Trinajstić information content (AvgIpc) is 2.70. The number of rotatable bonds is 2. The maximum absolute atomic E-state index is 10.9. The summed E-state index contributed by atoms with van der Waals surface area (Å²) in [5.74, 6) is -0.987. The number of nitrogens with zero attached hydrogens (tertiary/aromatic N) is 1. The van der Waals surface area contributed by atoms with E-state index in [1.807, 2.05) is 12.1 Å². The van der Waals surface area contributed by atoms with Crippen molar-refractivity contribution in [2.75, 3.05) is 0 Å². The van der Waals surface area contributed by atoms with E-state index in [2.05, 4.69) is 9.97 Å². The molecule has 2 aromatic heterocycles. The summed E-state index contributed by atoms with van der Waals surface area (Å²) in [6, 6.07) is 3.66. The molecule has 0 fully saturated rings. The molecule has 0 spiro atoms. The molecule has 0 aliphatic carbocycles. The molecule has 0 atom stereocenters. The monoisotopic (exact) mass is 208 g/mol. The van der Waals surface area contributed by atoms with E-state index in [1.54, 1.807) is 13.1 Å². The summed E-state index contributed by atoms with van der Waals surface area (Å²) in [5, 5.41) is 9.66. The van der Waals surface area contributed by atoms with Gasteiger partial charge < -0.3 is 10.1 Å². The SMILES string of the molecule is Cc1nc(C(=O)O)c(-c2ccc[nH]2)s1. The molecular formula is C9H8N2O2S. The summed E-state index contributed by atoms with van der Waals surface area (Å²) in [6.45, 7) is 1.80. The van der Waals surface area contributed by atoms with Gasteiger partial charge in [0.05, 0.1) is 15.6 Å². The molecule has 14 heavy (non-hydrogen) atoms. The van der Waals surface area contributed by atoms with Crippen LogP contribution in [0.5, 0.6) is 0 Å². The predicted molar refractivity (Wildman–Crippen MR) is 53.6 cm³/mol. The molecule has 5 heteroatoms. The highest BCUT2D eigenvalue weighted by molar-refractivity contribution is 7.15. The Morgan fingerprint density at radius 2 is 2.43 bits per heavy atom. The molecule has 0 unspecified atom stereocenters. The van der Waals surface area contributed by atoms with Crippen LogP contribution in [-0.2, 0) is 0 Å². The molecule has 0 bridgehead atoms. The molecule has 4 nitrogen and oxygen atoms in total. The number of thiazole rings is 1. The number of aromatic amines is 1. The zero-order valence-corrected chi connectivity index (χ0v) is 8.26. The van der Waals surface area contributed by atoms with Gasteiger partial charge >= 0.3 is 5.97 Å². The largest absolute Gasteiger partial charge is 0.476 e. The first kappa shape index (κ1) is 8.96. The maximum Gasteiger partial charge on any atom is 0.356 e. The van der Waals surface area contributed by atoms with Crippen molar-refractivity contribution in [2.24, 2.45) is 0 Å². The fourth-order valence-corrected chi connectivity index (χ4v) is 2.13. The first-order valence-electron chi connectivity index (χ1n) is 4.03. The number of H-pyrrole nitrogens is 1. The minimum atomic E-state index is -0.987. The van der Waals surface area contributed by atoms with E-state index in [1.165, 1.54) is 11.3 Å². The van der Waals surface area contributed by atoms with E-state index in [0.29, 0.717) is 4.88 Å². The van der Waals surface area contributed by atoms with Crippen molar-refractivity contribution in [3.8, 4) is 10.6 Å². The van der Waals surface area contributed by atoms with Gasteiger partial charge in [-0.25, -0.2) is 9.78 Å². The van der Waals surface area contributed by atoms with Crippen LogP contribution in [0, 0.1) is 6.92 Å². The smallest absolute Gasteiger partial charge is 0.356 e. The third kappa shape index (κ3) is 1.42. The Labute approximate surface area is 84.2 Å². The number of carboxylic acid groups (broad SMARTS) is 1. The van der Waals surface area contributed by atoms with Crippen molar-refractivity contribution < 1.29 is 9.90 Å². The molecule has 2 rings (SSSR count). The average molecular weight is 208 g/mol. The van der Waals surface area contributed by atoms with Gasteiger partial charge in [0.25, 0.3) is 0 Å². The normalized spacial score (nSPS) is 10.4. The van der Waals surface area contributed by atoms with Crippen LogP contribution >= 0.6 is 11.3 Å². The number of aryl methyl sites for hydroxylation is 1. The molecule has 0 aromatic carbocycles. The number of aromatic nitrogens is 2. The van der Waals surface area contributed by atoms with Gasteiger partial charge in [-0.2, -0.15) is 0 Å². The second-order valence-corrected chi connectivity index (χ2v) is 4.00. The van der Waals surface area contributed by atoms with Crippen LogP contribution in [0.4, 0.5) is 0 Å². The third-order valence-electron chi connectivity index (χ3n) is 1.78. The summed E-state index contributed by atoms with van der Waals surface area (Å²) in [6.07, 6.45) is 1.76. The minimum absolute atomic E-state index is 0.120. The number of carbonyl (C=O) groups is 1. The maximum atomic E-state index is 10.9. The summed E-state index contributed by atoms with van der Waals surface area (Å²) in [4.78, 5) is 18.5. The molecule has 2 N–H and O–H groups in total. The number of carboxylic acids is 1. The first-order chi connectivity index (χ1) is 6.68. The van der Waals surface area contributed by atoms with Gasteiger partial charge in [0, 0.05) is 6.20 Å². The molecule has 0 amide bonds. The van der Waals surface area contributed by atoms with Gasteiger partial charge in [0.15, 0.2) is 5.69 Å². The van der Waals surface area contributed by atoms with E-state index in [9.17, 15) is 4.79 Å². The summed E-state index contributed by atoms with van der Waals surface area (Å²) in [5.41, 5.74) is 0.919. The van der Waals surface area contributed by atoms with E-state index >= 15 is 0 Å². The highest BCUT2D eigenvalue weighted by Gasteiger charge is 2.17. The van der Waals surface area contributed by atoms with E-state index in [-0.39, 0.29) is 5.69 Å². The van der Waals surface area contributed by atoms with Crippen LogP contribution < -0.4 is 0 Å². The lowest BCUT2D eigenvalue weighted by molar-refractivity contribution is 0.0692. The van der Waals surface area contributed by atoms with Crippen LogP contribution in [0.2, 0.25) is 0 Å². The van der Waals surface area contributed by atoms with Crippen LogP contribution in [-0.4, -0.2) is 21.0 Å². The highest BCUT2D eigenvalue weighted by Crippen LogP contribution is 2.28. The fourth-order valence-electron chi connectivity index (χ4n) is 1.23. The standard InChI is InChI=1S/C9H8N2O2S/c1-5-11-7(9(12)13)8(14-5)6-3-2-4-10-6/h2-4,10H,1H3,(H,12,13). The van der Waals surface area contributed by atoms with Crippen molar-refractivity contribution in [3.63, 3.8) is 0 Å². The van der Waals surface area contributed by atoms with Crippen LogP contribution in [0.15, 0.2) is 18.3 Å². The van der Waals surface area contributed by atoms with Gasteiger partial charge in [0.2, 0.25) is 0 Å². The first-order valence-corrected chi connectivity index (χ1v) is 4.84. The van der Waals surface area contributed by atoms with Crippen molar-refractivity contribution in [2.45, 2.75) is 6.92 Å². The molecule has 0 aliphatic heterocycles. The van der Waals surface area contributed by atoms with Crippen LogP contribution in [0.3, 0.4) is 0 Å². The highest BCUT2D eigenvalue weighted by atomic mass is 32.1. The number of hydrogen-bond donors (Lipinski definition) is 2. The van der Waals surface area contributed by atoms with Gasteiger partial charge in [-0.1, -0.05) is 0 Å². The number of aromatic carboxylic acids is 1. The lowest BCUT2D eigenvalue weighted by atomic mass is 10.3. The predicted octanol–water partition coefficient (Wildman–Crippen LogP) is 2.14. The Morgan fingerprint density at radius 1 is 1.64 bits per heavy atom. The Morgan fingerprint density at radius 3 is 3.00 bits per heavy atom. The second kappa shape index (κ2) is 3.26. The quantitative estimate of drug-likeness (QED) is 0.794. The summed E-state index contributed by atoms with van der Waals surface area (Å²) >= 11 is 1.38. The Kier molecular flexibility index (Phi) is 2.09. The fraction of sp³-hybridized carbons (Fsp3) is 0.111. The van der Waals surface area contributed by atoms with E-state index in [0.717, 1.165) is 10.7 Å². The lowest BCUT2D eigenvalue weighted by Gasteiger charge is -1.93. The summed E-state index contributed by atoms with van der Waals surface area (Å²) < 4.78 is 0. The topological polar surface area (TPSA) is 66.0 Å². The lowest BCUT2D eigenvalue weighted by Crippen LogP contribution is -1.98. The van der Waals surface area contributed by atoms with E-state index < -0.39 is 5.97 Å². The molecule has 0 saturated heterocycles. The molecular weight excluding hydrogens is 200 g/mol. The van der Waals surface area contributed by atoms with Crippen molar-refractivity contribution in [3.05, 3.63) is 29.0 Å². The molecule has 2 aromatic rings. The molecule has 0 radical (unpaired) electrons. The van der Waals surface area contributed by atoms with E-state index in [4.69, 9.17) is 5.11 Å². The van der Waals surface area contributed by atoms with Crippen molar-refractivity contribution >= 4 is 17.3 Å². The molecule has 72 valence electrons. The van der Waals surface area contributed by atoms with Crippen LogP contribution in [0.1, 0.15) is 15.5 Å². The zero-order chi connectivity index (χ0) is 10.1. The Hall–Kier alpha value is -1.62. The van der Waals surface area contributed by atoms with Crippen LogP contribution in [0.25, 0.3) is 10.6 Å². The number of hydrogen-bond acceptors (Lipinski definition) is 3. The minimum Gasteiger partial charge on any atom is -0.476 e. The zero-order valence-electron chi connectivity index (χ0n) is 7.44. The van der Waals surface area contributed by atoms with Gasteiger partial charge in [-0.3, -0.25) is 0 Å². The second-order valence-electron chi connectivity index (χ2n) is 2.80. The molecule has 0 aliphatic rings. The Bertz CT molecular complexity index is 459. The van der Waals surface area contributed by atoms with Gasteiger partial charge in [-0.15, -0.1) is 11.3 Å². The molecule has 2 heterocycles. The Balaban J connectivity index is 2.58. The summed E-state index contributed by atoms with van der Waals surface area (Å²) in [7, 11) is 0. The molecule has 0 saturated carbocycles. The number of nitrogens with one attached hydrogen (secondary N) is 1.